The van der Waals surface area contributed by atoms with E-state index < -0.39 is 9.84 Å². The van der Waals surface area contributed by atoms with Crippen LogP contribution in [0.2, 0.25) is 0 Å². The zero-order valence-electron chi connectivity index (χ0n) is 16.6. The molecule has 0 bridgehead atoms. The molecular formula is C18H22IN5O3S2. The Bertz CT molecular complexity index is 1130. The number of nitrogens with zero attached hydrogens (tertiary/aromatic N) is 4. The Morgan fingerprint density at radius 1 is 1.28 bits per heavy atom. The highest BCUT2D eigenvalue weighted by atomic mass is 127. The highest BCUT2D eigenvalue weighted by Gasteiger charge is 2.23. The Balaban J connectivity index is 2.08. The Hall–Kier alpha value is -1.60. The normalized spacial score (nSPS) is 12.9. The number of fused-ring (bicyclic) bond motifs is 1. The van der Waals surface area contributed by atoms with E-state index in [9.17, 15) is 8.42 Å². The Morgan fingerprint density at radius 3 is 2.66 bits per heavy atom. The molecule has 0 amide bonds. The highest BCUT2D eigenvalue weighted by molar-refractivity contribution is 14.1. The molecule has 11 heteroatoms. The number of nitrogens with one attached hydrogen (secondary N) is 1. The molecule has 8 nitrogen and oxygen atoms in total. The van der Waals surface area contributed by atoms with Gasteiger partial charge in [-0.1, -0.05) is 25.2 Å². The fourth-order valence-electron chi connectivity index (χ4n) is 3.02. The van der Waals surface area contributed by atoms with Gasteiger partial charge in [-0.3, -0.25) is 3.53 Å². The fraction of sp³-hybridized carbons (Fsp3) is 0.444. The zero-order valence-corrected chi connectivity index (χ0v) is 20.4. The Kier molecular flexibility index (Phi) is 6.89. The molecule has 0 spiro atoms. The number of methoxy groups -OCH3 is 1. The van der Waals surface area contributed by atoms with Crippen molar-refractivity contribution in [1.82, 2.24) is 19.9 Å². The standard InChI is InChI=1S/C18H22IN5O3S2/c1-5-11(9-29(25,26)6-2)13-7-12(8-20-15(13)27-4)16-22-14-10(3)21-18(24-19)23-17(14)28-16/h7-8,11H,5-6,9H2,1-4H3,(H,21,23,24). The van der Waals surface area contributed by atoms with E-state index in [-0.39, 0.29) is 17.4 Å². The first-order valence-corrected chi connectivity index (χ1v) is 12.8. The number of ether oxygens (including phenoxy) is 1. The number of halogens is 1. The summed E-state index contributed by atoms with van der Waals surface area (Å²) >= 11 is 3.44. The number of hydrogen-bond acceptors (Lipinski definition) is 9. The van der Waals surface area contributed by atoms with Crippen LogP contribution in [-0.2, 0) is 9.84 Å². The number of pyridine rings is 1. The lowest BCUT2D eigenvalue weighted by molar-refractivity contribution is 0.389. The monoisotopic (exact) mass is 547 g/mol. The minimum atomic E-state index is -3.14. The van der Waals surface area contributed by atoms with Crippen LogP contribution in [0.4, 0.5) is 5.95 Å². The van der Waals surface area contributed by atoms with Crippen LogP contribution in [0.5, 0.6) is 5.88 Å². The minimum Gasteiger partial charge on any atom is -0.481 e. The molecule has 1 atom stereocenters. The lowest BCUT2D eigenvalue weighted by atomic mass is 9.98. The topological polar surface area (TPSA) is 107 Å². The number of rotatable bonds is 8. The van der Waals surface area contributed by atoms with Gasteiger partial charge >= 0.3 is 0 Å². The van der Waals surface area contributed by atoms with Gasteiger partial charge in [0.25, 0.3) is 0 Å². The minimum absolute atomic E-state index is 0.0661. The van der Waals surface area contributed by atoms with Crippen LogP contribution in [-0.4, -0.2) is 47.0 Å². The lowest BCUT2D eigenvalue weighted by Crippen LogP contribution is -2.17. The molecule has 3 aromatic rings. The van der Waals surface area contributed by atoms with E-state index in [1.807, 2.05) is 42.8 Å². The molecule has 0 aromatic carbocycles. The average Bonchev–Trinajstić information content (AvgIpc) is 3.16. The summed E-state index contributed by atoms with van der Waals surface area (Å²) in [6, 6.07) is 1.93. The van der Waals surface area contributed by atoms with Crippen molar-refractivity contribution in [2.45, 2.75) is 33.1 Å². The number of anilines is 1. The van der Waals surface area contributed by atoms with Crippen LogP contribution >= 0.6 is 34.2 Å². The number of thiazole rings is 1. The van der Waals surface area contributed by atoms with Gasteiger partial charge in [0, 0.05) is 29.0 Å². The van der Waals surface area contributed by atoms with E-state index in [1.54, 1.807) is 20.2 Å². The van der Waals surface area contributed by atoms with E-state index in [2.05, 4.69) is 18.5 Å². The van der Waals surface area contributed by atoms with Crippen LogP contribution < -0.4 is 8.27 Å². The van der Waals surface area contributed by atoms with Gasteiger partial charge in [-0.2, -0.15) is 4.98 Å². The van der Waals surface area contributed by atoms with Crippen molar-refractivity contribution in [3.05, 3.63) is 23.5 Å². The molecule has 0 aliphatic heterocycles. The molecule has 0 saturated heterocycles. The Labute approximate surface area is 188 Å². The van der Waals surface area contributed by atoms with Gasteiger partial charge < -0.3 is 4.74 Å². The van der Waals surface area contributed by atoms with Crippen molar-refractivity contribution in [2.75, 3.05) is 22.1 Å². The molecule has 0 aliphatic rings. The van der Waals surface area contributed by atoms with Crippen molar-refractivity contribution < 1.29 is 13.2 Å². The smallest absolute Gasteiger partial charge is 0.233 e. The third kappa shape index (κ3) is 4.77. The van der Waals surface area contributed by atoms with Gasteiger partial charge in [-0.05, 0) is 19.4 Å². The molecule has 0 radical (unpaired) electrons. The largest absolute Gasteiger partial charge is 0.481 e. The third-order valence-electron chi connectivity index (χ3n) is 4.66. The van der Waals surface area contributed by atoms with Gasteiger partial charge in [-0.25, -0.2) is 23.4 Å². The quantitative estimate of drug-likeness (QED) is 0.331. The maximum atomic E-state index is 12.2. The van der Waals surface area contributed by atoms with Gasteiger partial charge in [-0.15, -0.1) is 0 Å². The fourth-order valence-corrected chi connectivity index (χ4v) is 5.50. The molecule has 156 valence electrons. The first-order valence-electron chi connectivity index (χ1n) is 9.08. The van der Waals surface area contributed by atoms with Crippen LogP contribution in [0, 0.1) is 6.92 Å². The predicted molar refractivity (Wildman–Crippen MR) is 125 cm³/mol. The molecule has 0 aliphatic carbocycles. The summed E-state index contributed by atoms with van der Waals surface area (Å²) < 4.78 is 32.8. The van der Waals surface area contributed by atoms with Crippen molar-refractivity contribution in [3.63, 3.8) is 0 Å². The zero-order chi connectivity index (χ0) is 21.2. The van der Waals surface area contributed by atoms with E-state index in [4.69, 9.17) is 9.72 Å². The first kappa shape index (κ1) is 22.1. The van der Waals surface area contributed by atoms with Crippen molar-refractivity contribution in [1.29, 1.82) is 0 Å². The summed E-state index contributed by atoms with van der Waals surface area (Å²) in [4.78, 5) is 18.7. The lowest BCUT2D eigenvalue weighted by Gasteiger charge is -2.18. The summed E-state index contributed by atoms with van der Waals surface area (Å²) in [6.07, 6.45) is 2.36. The molecule has 3 heterocycles. The molecule has 0 fully saturated rings. The number of hydrogen-bond donors (Lipinski definition) is 1. The van der Waals surface area contributed by atoms with Crippen LogP contribution in [0.15, 0.2) is 12.3 Å². The Morgan fingerprint density at radius 2 is 2.03 bits per heavy atom. The summed E-state index contributed by atoms with van der Waals surface area (Å²) in [5.41, 5.74) is 3.12. The van der Waals surface area contributed by atoms with E-state index in [1.165, 1.54) is 11.3 Å². The first-order chi connectivity index (χ1) is 13.8. The predicted octanol–water partition coefficient (Wildman–Crippen LogP) is 4.16. The third-order valence-corrected chi connectivity index (χ3v) is 7.93. The van der Waals surface area contributed by atoms with Gasteiger partial charge in [0.1, 0.15) is 15.4 Å². The van der Waals surface area contributed by atoms with Crippen LogP contribution in [0.25, 0.3) is 20.9 Å². The second-order valence-electron chi connectivity index (χ2n) is 6.53. The van der Waals surface area contributed by atoms with E-state index >= 15 is 0 Å². The van der Waals surface area contributed by atoms with Crippen molar-refractivity contribution in [3.8, 4) is 16.5 Å². The van der Waals surface area contributed by atoms with Gasteiger partial charge in [0.15, 0.2) is 9.84 Å². The SMILES string of the molecule is CCC(CS(=O)(=O)CC)c1cc(-c2nc3c(C)nc(NI)nc3s2)cnc1OC. The molecule has 1 unspecified atom stereocenters. The van der Waals surface area contributed by atoms with E-state index in [0.717, 1.165) is 32.2 Å². The van der Waals surface area contributed by atoms with Gasteiger partial charge in [0.2, 0.25) is 11.8 Å². The maximum absolute atomic E-state index is 12.2. The second kappa shape index (κ2) is 9.04. The molecule has 1 N–H and O–H groups in total. The highest BCUT2D eigenvalue weighted by Crippen LogP contribution is 2.35. The molecular weight excluding hydrogens is 525 g/mol. The molecule has 3 aromatic heterocycles. The van der Waals surface area contributed by atoms with Crippen LogP contribution in [0.1, 0.15) is 37.4 Å². The number of sulfone groups is 1. The number of aromatic nitrogens is 4. The summed E-state index contributed by atoms with van der Waals surface area (Å²) in [6.45, 7) is 5.53. The second-order valence-corrected chi connectivity index (χ2v) is 10.4. The number of aryl methyl sites for hydroxylation is 1. The average molecular weight is 547 g/mol. The summed E-state index contributed by atoms with van der Waals surface area (Å²) in [7, 11) is -1.59. The van der Waals surface area contributed by atoms with E-state index in [0.29, 0.717) is 18.2 Å². The van der Waals surface area contributed by atoms with Crippen LogP contribution in [0.3, 0.4) is 0 Å². The molecule has 3 rings (SSSR count). The maximum Gasteiger partial charge on any atom is 0.233 e. The summed E-state index contributed by atoms with van der Waals surface area (Å²) in [5.74, 6) is 0.960. The van der Waals surface area contributed by atoms with Crippen molar-refractivity contribution >= 4 is 60.3 Å². The van der Waals surface area contributed by atoms with Crippen molar-refractivity contribution in [2.24, 2.45) is 0 Å². The van der Waals surface area contributed by atoms with Gasteiger partial charge in [0.05, 0.1) is 41.4 Å². The molecule has 29 heavy (non-hydrogen) atoms. The summed E-state index contributed by atoms with van der Waals surface area (Å²) in [5, 5.41) is 0.757. The molecule has 0 saturated carbocycles.